The molecule has 0 bridgehead atoms. The molecule has 0 radical (unpaired) electrons. The Morgan fingerprint density at radius 3 is 2.25 bits per heavy atom. The fourth-order valence-electron chi connectivity index (χ4n) is 2.67. The zero-order valence-electron chi connectivity index (χ0n) is 15.7. The van der Waals surface area contributed by atoms with Crippen molar-refractivity contribution < 1.29 is 13.9 Å². The first-order valence-electron chi connectivity index (χ1n) is 9.01. The highest BCUT2D eigenvalue weighted by atomic mass is 19.1. The van der Waals surface area contributed by atoms with E-state index in [-0.39, 0.29) is 36.0 Å². The Morgan fingerprint density at radius 1 is 0.964 bits per heavy atom. The number of halogens is 2. The molecule has 1 atom stereocenters. The summed E-state index contributed by atoms with van der Waals surface area (Å²) in [6.45, 7) is 3.83. The van der Waals surface area contributed by atoms with Crippen molar-refractivity contribution in [3.8, 4) is 11.3 Å². The minimum Gasteiger partial charge on any atom is -0.394 e. The smallest absolute Gasteiger partial charge is 0.225 e. The van der Waals surface area contributed by atoms with Gasteiger partial charge in [0.05, 0.1) is 18.3 Å². The summed E-state index contributed by atoms with van der Waals surface area (Å²) in [4.78, 5) is 8.83. The van der Waals surface area contributed by atoms with Gasteiger partial charge >= 0.3 is 0 Å². The number of aliphatic hydroxyl groups excluding tert-OH is 1. The van der Waals surface area contributed by atoms with Crippen molar-refractivity contribution in [1.82, 2.24) is 9.97 Å². The van der Waals surface area contributed by atoms with Crippen LogP contribution in [0.2, 0.25) is 0 Å². The number of anilines is 3. The molecule has 0 fully saturated rings. The summed E-state index contributed by atoms with van der Waals surface area (Å²) in [5.74, 6) is -0.807. The van der Waals surface area contributed by atoms with E-state index < -0.39 is 11.6 Å². The normalized spacial score (nSPS) is 12.1. The van der Waals surface area contributed by atoms with Crippen molar-refractivity contribution >= 4 is 17.5 Å². The van der Waals surface area contributed by atoms with Gasteiger partial charge in [-0.2, -0.15) is 4.98 Å². The van der Waals surface area contributed by atoms with Gasteiger partial charge in [0, 0.05) is 11.6 Å². The van der Waals surface area contributed by atoms with Crippen LogP contribution < -0.4 is 10.6 Å². The molecule has 3 N–H and O–H groups in total. The zero-order valence-corrected chi connectivity index (χ0v) is 15.7. The van der Waals surface area contributed by atoms with Gasteiger partial charge in [0.2, 0.25) is 5.95 Å². The molecule has 0 unspecified atom stereocenters. The maximum absolute atomic E-state index is 14.0. The maximum Gasteiger partial charge on any atom is 0.225 e. The number of rotatable bonds is 7. The topological polar surface area (TPSA) is 70.1 Å². The van der Waals surface area contributed by atoms with Gasteiger partial charge < -0.3 is 15.7 Å². The summed E-state index contributed by atoms with van der Waals surface area (Å²) in [5.41, 5.74) is 1.13. The van der Waals surface area contributed by atoms with Gasteiger partial charge in [0.25, 0.3) is 0 Å². The van der Waals surface area contributed by atoms with Crippen molar-refractivity contribution in [2.75, 3.05) is 17.2 Å². The third kappa shape index (κ3) is 4.61. The third-order valence-corrected chi connectivity index (χ3v) is 4.33. The molecule has 0 saturated heterocycles. The molecule has 0 aliphatic rings. The Hall–Kier alpha value is -3.06. The lowest BCUT2D eigenvalue weighted by Gasteiger charge is -2.21. The van der Waals surface area contributed by atoms with E-state index in [1.807, 2.05) is 44.2 Å². The first-order valence-corrected chi connectivity index (χ1v) is 9.01. The third-order valence-electron chi connectivity index (χ3n) is 4.33. The van der Waals surface area contributed by atoms with E-state index in [1.165, 1.54) is 18.2 Å². The average molecular weight is 384 g/mol. The predicted molar refractivity (Wildman–Crippen MR) is 106 cm³/mol. The Balaban J connectivity index is 2.02. The van der Waals surface area contributed by atoms with Crippen LogP contribution in [0.1, 0.15) is 13.8 Å². The summed E-state index contributed by atoms with van der Waals surface area (Å²) in [6, 6.07) is 14.4. The highest BCUT2D eigenvalue weighted by Gasteiger charge is 2.16. The van der Waals surface area contributed by atoms with Gasteiger partial charge in [-0.05, 0) is 18.1 Å². The molecule has 28 heavy (non-hydrogen) atoms. The van der Waals surface area contributed by atoms with Gasteiger partial charge in [0.1, 0.15) is 23.1 Å². The van der Waals surface area contributed by atoms with Crippen LogP contribution in [0.25, 0.3) is 11.3 Å². The second kappa shape index (κ2) is 8.75. The highest BCUT2D eigenvalue weighted by Crippen LogP contribution is 2.26. The molecular weight excluding hydrogens is 362 g/mol. The second-order valence-corrected chi connectivity index (χ2v) is 6.73. The number of nitrogens with one attached hydrogen (secondary N) is 2. The number of aromatic nitrogens is 2. The van der Waals surface area contributed by atoms with Crippen LogP contribution in [0.3, 0.4) is 0 Å². The van der Waals surface area contributed by atoms with Crippen molar-refractivity contribution in [3.05, 3.63) is 66.2 Å². The molecule has 1 aromatic heterocycles. The molecule has 2 aromatic carbocycles. The van der Waals surface area contributed by atoms with Crippen LogP contribution in [0, 0.1) is 17.6 Å². The molecule has 3 aromatic rings. The molecular formula is C21H22F2N4O. The Morgan fingerprint density at radius 2 is 1.64 bits per heavy atom. The Labute approximate surface area is 162 Å². The van der Waals surface area contributed by atoms with Crippen LogP contribution >= 0.6 is 0 Å². The lowest BCUT2D eigenvalue weighted by molar-refractivity contribution is 0.248. The molecule has 0 amide bonds. The molecule has 7 heteroatoms. The van der Waals surface area contributed by atoms with Crippen LogP contribution in [0.15, 0.2) is 54.6 Å². The maximum atomic E-state index is 14.0. The van der Waals surface area contributed by atoms with Gasteiger partial charge in [0.15, 0.2) is 0 Å². The number of hydrogen-bond donors (Lipinski definition) is 3. The summed E-state index contributed by atoms with van der Waals surface area (Å²) in [5, 5.41) is 15.4. The van der Waals surface area contributed by atoms with E-state index >= 15 is 0 Å². The van der Waals surface area contributed by atoms with E-state index in [1.54, 1.807) is 6.07 Å². The minimum absolute atomic E-state index is 0.0959. The lowest BCUT2D eigenvalue weighted by atomic mass is 10.1. The second-order valence-electron chi connectivity index (χ2n) is 6.73. The van der Waals surface area contributed by atoms with Crippen molar-refractivity contribution in [1.29, 1.82) is 0 Å². The van der Waals surface area contributed by atoms with Crippen LogP contribution in [0.4, 0.5) is 26.2 Å². The van der Waals surface area contributed by atoms with Crippen molar-refractivity contribution in [2.45, 2.75) is 19.9 Å². The summed E-state index contributed by atoms with van der Waals surface area (Å²) in [7, 11) is 0. The molecule has 0 saturated carbocycles. The quantitative estimate of drug-likeness (QED) is 0.556. The van der Waals surface area contributed by atoms with Crippen molar-refractivity contribution in [2.24, 2.45) is 5.92 Å². The molecule has 0 aliphatic heterocycles. The fraction of sp³-hybridized carbons (Fsp3) is 0.238. The monoisotopic (exact) mass is 384 g/mol. The Bertz CT molecular complexity index is 915. The highest BCUT2D eigenvalue weighted by molar-refractivity contribution is 5.67. The van der Waals surface area contributed by atoms with Gasteiger partial charge in [-0.25, -0.2) is 13.8 Å². The number of aliphatic hydroxyl groups is 1. The van der Waals surface area contributed by atoms with Crippen LogP contribution in [0.5, 0.6) is 0 Å². The van der Waals surface area contributed by atoms with Gasteiger partial charge in [-0.15, -0.1) is 0 Å². The molecule has 146 valence electrons. The van der Waals surface area contributed by atoms with Crippen molar-refractivity contribution in [3.63, 3.8) is 0 Å². The van der Waals surface area contributed by atoms with Crippen LogP contribution in [-0.4, -0.2) is 27.7 Å². The fourth-order valence-corrected chi connectivity index (χ4v) is 2.67. The zero-order chi connectivity index (χ0) is 20.1. The Kier molecular flexibility index (Phi) is 6.16. The van der Waals surface area contributed by atoms with E-state index in [4.69, 9.17) is 0 Å². The number of benzene rings is 2. The largest absolute Gasteiger partial charge is 0.394 e. The van der Waals surface area contributed by atoms with E-state index in [0.717, 1.165) is 5.56 Å². The molecule has 3 rings (SSSR count). The summed E-state index contributed by atoms with van der Waals surface area (Å²) >= 11 is 0. The average Bonchev–Trinajstić information content (AvgIpc) is 2.69. The number of nitrogens with zero attached hydrogens (tertiary/aromatic N) is 2. The first kappa shape index (κ1) is 19.7. The van der Waals surface area contributed by atoms with Gasteiger partial charge in [-0.1, -0.05) is 50.2 Å². The van der Waals surface area contributed by atoms with E-state index in [0.29, 0.717) is 5.69 Å². The SMILES string of the molecule is CC(C)[C@@H](CO)Nc1nc(Nc2c(F)cccc2F)cc(-c2ccccc2)n1. The summed E-state index contributed by atoms with van der Waals surface area (Å²) in [6.07, 6.45) is 0. The van der Waals surface area contributed by atoms with Gasteiger partial charge in [-0.3, -0.25) is 0 Å². The first-order chi connectivity index (χ1) is 13.5. The number of hydrogen-bond acceptors (Lipinski definition) is 5. The number of para-hydroxylation sites is 1. The molecule has 0 aliphatic carbocycles. The molecule has 5 nitrogen and oxygen atoms in total. The summed E-state index contributed by atoms with van der Waals surface area (Å²) < 4.78 is 28.1. The molecule has 1 heterocycles. The minimum atomic E-state index is -0.718. The predicted octanol–water partition coefficient (Wildman–Crippen LogP) is 4.59. The van der Waals surface area contributed by atoms with E-state index in [2.05, 4.69) is 20.6 Å². The van der Waals surface area contributed by atoms with E-state index in [9.17, 15) is 13.9 Å². The lowest BCUT2D eigenvalue weighted by Crippen LogP contribution is -2.30. The standard InChI is InChI=1S/C21H22F2N4O/c1-13(2)18(12-28)25-21-24-17(14-7-4-3-5-8-14)11-19(27-21)26-20-15(22)9-6-10-16(20)23/h3-11,13,18,28H,12H2,1-2H3,(H2,24,25,26,27)/t18-/m1/s1. The molecule has 0 spiro atoms. The van der Waals surface area contributed by atoms with Crippen LogP contribution in [-0.2, 0) is 0 Å².